The number of aromatic nitrogens is 1. The van der Waals surface area contributed by atoms with Gasteiger partial charge in [-0.1, -0.05) is 0 Å². The third-order valence-electron chi connectivity index (χ3n) is 3.03. The normalized spacial score (nSPS) is 11.4. The minimum Gasteiger partial charge on any atom is -0.463 e. The van der Waals surface area contributed by atoms with Gasteiger partial charge in [-0.25, -0.2) is 14.4 Å². The van der Waals surface area contributed by atoms with Crippen molar-refractivity contribution in [1.82, 2.24) is 4.98 Å². The van der Waals surface area contributed by atoms with E-state index in [0.717, 1.165) is 0 Å². The second-order valence-corrected chi connectivity index (χ2v) is 6.22. The summed E-state index contributed by atoms with van der Waals surface area (Å²) in [6.45, 7) is 10.7. The molecule has 0 unspecified atom stereocenters. The molecule has 0 fully saturated rings. The van der Waals surface area contributed by atoms with Gasteiger partial charge in [0.25, 0.3) is 0 Å². The minimum atomic E-state index is -0.681. The number of H-pyrrole nitrogens is 1. The molecule has 0 aliphatic heterocycles. The molecule has 1 aromatic heterocycles. The summed E-state index contributed by atoms with van der Waals surface area (Å²) < 4.78 is 15.2. The van der Waals surface area contributed by atoms with Gasteiger partial charge in [-0.2, -0.15) is 0 Å². The second kappa shape index (κ2) is 8.50. The zero-order chi connectivity index (χ0) is 19.2. The summed E-state index contributed by atoms with van der Waals surface area (Å²) in [6.07, 6.45) is 2.56. The molecule has 0 aromatic carbocycles. The number of aromatic amines is 1. The Hall–Kier alpha value is -2.57. The van der Waals surface area contributed by atoms with E-state index in [4.69, 9.17) is 14.2 Å². The predicted octanol–water partition coefficient (Wildman–Crippen LogP) is 3.03. The first kappa shape index (κ1) is 20.5. The van der Waals surface area contributed by atoms with E-state index in [1.807, 2.05) is 0 Å². The molecular weight excluding hydrogens is 326 g/mol. The van der Waals surface area contributed by atoms with Crippen LogP contribution in [0.1, 0.15) is 66.7 Å². The van der Waals surface area contributed by atoms with E-state index in [1.165, 1.54) is 12.2 Å². The van der Waals surface area contributed by atoms with Gasteiger partial charge in [-0.15, -0.1) is 0 Å². The van der Waals surface area contributed by atoms with E-state index in [2.05, 4.69) is 4.98 Å². The summed E-state index contributed by atoms with van der Waals surface area (Å²) >= 11 is 0. The van der Waals surface area contributed by atoms with Gasteiger partial charge in [0.2, 0.25) is 0 Å². The van der Waals surface area contributed by atoms with Crippen molar-refractivity contribution in [3.05, 3.63) is 28.6 Å². The van der Waals surface area contributed by atoms with Gasteiger partial charge in [0.05, 0.1) is 24.5 Å². The molecule has 0 aliphatic rings. The largest absolute Gasteiger partial charge is 0.463 e. The Morgan fingerprint density at radius 3 is 2.16 bits per heavy atom. The zero-order valence-electron chi connectivity index (χ0n) is 15.5. The Kier molecular flexibility index (Phi) is 6.97. The molecular formula is C18H25NO6. The molecule has 7 heteroatoms. The summed E-state index contributed by atoms with van der Waals surface area (Å²) in [7, 11) is 0. The van der Waals surface area contributed by atoms with Crippen molar-refractivity contribution < 1.29 is 28.6 Å². The molecule has 0 saturated heterocycles. The summed E-state index contributed by atoms with van der Waals surface area (Å²) in [6, 6.07) is 0. The van der Waals surface area contributed by atoms with Crippen LogP contribution in [0.3, 0.4) is 0 Å². The van der Waals surface area contributed by atoms with E-state index >= 15 is 0 Å². The molecule has 138 valence electrons. The fraction of sp³-hybridized carbons (Fsp3) is 0.500. The van der Waals surface area contributed by atoms with Gasteiger partial charge in [0.15, 0.2) is 0 Å². The predicted molar refractivity (Wildman–Crippen MR) is 92.3 cm³/mol. The minimum absolute atomic E-state index is 0.140. The van der Waals surface area contributed by atoms with Crippen molar-refractivity contribution in [2.24, 2.45) is 0 Å². The van der Waals surface area contributed by atoms with E-state index < -0.39 is 23.5 Å². The number of nitrogens with one attached hydrogen (secondary N) is 1. The molecule has 1 rings (SSSR count). The van der Waals surface area contributed by atoms with Crippen LogP contribution in [0.25, 0.3) is 6.08 Å². The van der Waals surface area contributed by atoms with Crippen LogP contribution < -0.4 is 0 Å². The van der Waals surface area contributed by atoms with Gasteiger partial charge >= 0.3 is 17.9 Å². The Morgan fingerprint density at radius 2 is 1.64 bits per heavy atom. The van der Waals surface area contributed by atoms with E-state index in [1.54, 1.807) is 41.5 Å². The van der Waals surface area contributed by atoms with Crippen molar-refractivity contribution in [2.75, 3.05) is 13.2 Å². The highest BCUT2D eigenvalue weighted by Gasteiger charge is 2.27. The first-order chi connectivity index (χ1) is 11.6. The summed E-state index contributed by atoms with van der Waals surface area (Å²) in [4.78, 5) is 38.9. The molecule has 0 aliphatic carbocycles. The lowest BCUT2D eigenvalue weighted by Gasteiger charge is -2.19. The van der Waals surface area contributed by atoms with Gasteiger partial charge in [0, 0.05) is 6.08 Å². The van der Waals surface area contributed by atoms with Crippen molar-refractivity contribution in [2.45, 2.75) is 47.1 Å². The molecule has 7 nitrogen and oxygen atoms in total. The third kappa shape index (κ3) is 5.77. The molecule has 1 N–H and O–H groups in total. The van der Waals surface area contributed by atoms with Crippen LogP contribution in [0.15, 0.2) is 6.08 Å². The Bertz CT molecular complexity index is 678. The average Bonchev–Trinajstić information content (AvgIpc) is 2.81. The van der Waals surface area contributed by atoms with E-state index in [0.29, 0.717) is 5.56 Å². The monoisotopic (exact) mass is 351 g/mol. The number of carbonyl (C=O) groups excluding carboxylic acids is 3. The highest BCUT2D eigenvalue weighted by atomic mass is 16.6. The maximum atomic E-state index is 12.3. The van der Waals surface area contributed by atoms with Crippen LogP contribution in [0.4, 0.5) is 0 Å². The van der Waals surface area contributed by atoms with Gasteiger partial charge in [-0.3, -0.25) is 0 Å². The average molecular weight is 351 g/mol. The number of rotatable bonds is 6. The van der Waals surface area contributed by atoms with Gasteiger partial charge in [0.1, 0.15) is 11.3 Å². The fourth-order valence-corrected chi connectivity index (χ4v) is 2.08. The van der Waals surface area contributed by atoms with Crippen molar-refractivity contribution in [3.63, 3.8) is 0 Å². The van der Waals surface area contributed by atoms with E-state index in [9.17, 15) is 14.4 Å². The molecule has 1 aromatic rings. The molecule has 1 heterocycles. The quantitative estimate of drug-likeness (QED) is 0.481. The molecule has 0 radical (unpaired) electrons. The SMILES string of the molecule is CCOC(=O)/C=C\c1[nH]c(C(=O)OC(C)(C)C)c(C)c1C(=O)OCC. The Balaban J connectivity index is 3.29. The number of hydrogen-bond donors (Lipinski definition) is 1. The molecule has 0 bridgehead atoms. The lowest BCUT2D eigenvalue weighted by atomic mass is 10.1. The summed E-state index contributed by atoms with van der Waals surface area (Å²) in [5.74, 6) is -1.73. The lowest BCUT2D eigenvalue weighted by molar-refractivity contribution is -0.137. The smallest absolute Gasteiger partial charge is 0.355 e. The van der Waals surface area contributed by atoms with Crippen LogP contribution in [0.2, 0.25) is 0 Å². The number of carbonyl (C=O) groups is 3. The first-order valence-corrected chi connectivity index (χ1v) is 8.08. The number of esters is 3. The highest BCUT2D eigenvalue weighted by molar-refractivity contribution is 6.01. The number of ether oxygens (including phenoxy) is 3. The Morgan fingerprint density at radius 1 is 1.04 bits per heavy atom. The molecule has 0 atom stereocenters. The van der Waals surface area contributed by atoms with Crippen LogP contribution in [0, 0.1) is 6.92 Å². The zero-order valence-corrected chi connectivity index (χ0v) is 15.5. The topological polar surface area (TPSA) is 94.7 Å². The molecule has 0 spiro atoms. The van der Waals surface area contributed by atoms with Gasteiger partial charge < -0.3 is 19.2 Å². The summed E-state index contributed by atoms with van der Waals surface area (Å²) in [5.41, 5.74) is 0.324. The first-order valence-electron chi connectivity index (χ1n) is 8.08. The van der Waals surface area contributed by atoms with Crippen molar-refractivity contribution in [1.29, 1.82) is 0 Å². The number of hydrogen-bond acceptors (Lipinski definition) is 6. The molecule has 0 amide bonds. The van der Waals surface area contributed by atoms with Crippen LogP contribution in [0.5, 0.6) is 0 Å². The molecule has 25 heavy (non-hydrogen) atoms. The van der Waals surface area contributed by atoms with Crippen LogP contribution >= 0.6 is 0 Å². The van der Waals surface area contributed by atoms with Crippen LogP contribution in [-0.4, -0.2) is 41.7 Å². The lowest BCUT2D eigenvalue weighted by Crippen LogP contribution is -2.24. The second-order valence-electron chi connectivity index (χ2n) is 6.22. The summed E-state index contributed by atoms with van der Waals surface area (Å²) in [5, 5.41) is 0. The third-order valence-corrected chi connectivity index (χ3v) is 3.03. The Labute approximate surface area is 147 Å². The standard InChI is InChI=1S/C18H25NO6/c1-7-23-13(20)10-9-12-14(16(21)24-8-2)11(3)15(19-12)17(22)25-18(4,5)6/h9-10,19H,7-8H2,1-6H3/b10-9-. The fourth-order valence-electron chi connectivity index (χ4n) is 2.08. The van der Waals surface area contributed by atoms with E-state index in [-0.39, 0.29) is 30.2 Å². The van der Waals surface area contributed by atoms with Crippen molar-refractivity contribution >= 4 is 24.0 Å². The van der Waals surface area contributed by atoms with Crippen molar-refractivity contribution in [3.8, 4) is 0 Å². The highest BCUT2D eigenvalue weighted by Crippen LogP contribution is 2.23. The maximum Gasteiger partial charge on any atom is 0.355 e. The maximum absolute atomic E-state index is 12.3. The van der Waals surface area contributed by atoms with Crippen LogP contribution in [-0.2, 0) is 19.0 Å². The van der Waals surface area contributed by atoms with Gasteiger partial charge in [-0.05, 0) is 53.2 Å². The molecule has 0 saturated carbocycles.